The lowest BCUT2D eigenvalue weighted by molar-refractivity contribution is -0.115. The number of hydrogen-bond acceptors (Lipinski definition) is 5. The highest BCUT2D eigenvalue weighted by Gasteiger charge is 2.23. The fraction of sp³-hybridized carbons (Fsp3) is 0.125. The first-order chi connectivity index (χ1) is 15.6. The third-order valence-corrected chi connectivity index (χ3v) is 6.14. The Kier molecular flexibility index (Phi) is 6.78. The lowest BCUT2D eigenvalue weighted by Gasteiger charge is -2.14. The maximum Gasteiger partial charge on any atom is 0.237 e. The predicted octanol–water partition coefficient (Wildman–Crippen LogP) is 5.72. The van der Waals surface area contributed by atoms with Crippen LogP contribution < -0.4 is 10.1 Å². The Morgan fingerprint density at radius 2 is 1.69 bits per heavy atom. The first-order valence-corrected chi connectivity index (χ1v) is 11.2. The van der Waals surface area contributed by atoms with Crippen molar-refractivity contribution in [3.05, 3.63) is 83.9 Å². The smallest absolute Gasteiger partial charge is 0.237 e. The highest BCUT2D eigenvalue weighted by atomic mass is 35.5. The van der Waals surface area contributed by atoms with Gasteiger partial charge >= 0.3 is 0 Å². The number of carbonyl (C=O) groups is 1. The molecule has 32 heavy (non-hydrogen) atoms. The zero-order chi connectivity index (χ0) is 22.5. The fourth-order valence-electron chi connectivity index (χ4n) is 3.10. The van der Waals surface area contributed by atoms with Crippen LogP contribution in [0.1, 0.15) is 6.92 Å². The Hall–Kier alpha value is -3.29. The van der Waals surface area contributed by atoms with Gasteiger partial charge in [-0.25, -0.2) is 0 Å². The summed E-state index contributed by atoms with van der Waals surface area (Å²) >= 11 is 7.78. The SMILES string of the molecule is COc1ccc(-n2c(SC(C)C(=O)Nc3ccccc3)nnc2-c2ccccc2Cl)cc1. The second kappa shape index (κ2) is 9.89. The summed E-state index contributed by atoms with van der Waals surface area (Å²) in [5.74, 6) is 1.22. The Labute approximate surface area is 195 Å². The average molecular weight is 465 g/mol. The van der Waals surface area contributed by atoms with Gasteiger partial charge in [0.15, 0.2) is 11.0 Å². The minimum Gasteiger partial charge on any atom is -0.497 e. The molecule has 8 heteroatoms. The number of aromatic nitrogens is 3. The molecule has 0 aliphatic heterocycles. The molecule has 0 fully saturated rings. The van der Waals surface area contributed by atoms with Crippen LogP contribution in [-0.2, 0) is 4.79 Å². The summed E-state index contributed by atoms with van der Waals surface area (Å²) in [4.78, 5) is 12.8. The molecule has 1 aromatic heterocycles. The van der Waals surface area contributed by atoms with E-state index in [1.165, 1.54) is 11.8 Å². The van der Waals surface area contributed by atoms with E-state index in [1.807, 2.05) is 90.4 Å². The lowest BCUT2D eigenvalue weighted by atomic mass is 10.2. The largest absolute Gasteiger partial charge is 0.497 e. The van der Waals surface area contributed by atoms with Crippen molar-refractivity contribution in [2.75, 3.05) is 12.4 Å². The molecule has 0 saturated heterocycles. The zero-order valence-corrected chi connectivity index (χ0v) is 19.1. The van der Waals surface area contributed by atoms with E-state index >= 15 is 0 Å². The normalized spacial score (nSPS) is 11.7. The monoisotopic (exact) mass is 464 g/mol. The van der Waals surface area contributed by atoms with Gasteiger partial charge in [0.2, 0.25) is 5.91 Å². The second-order valence-corrected chi connectivity index (χ2v) is 8.65. The molecule has 0 aliphatic rings. The molecular weight excluding hydrogens is 444 g/mol. The molecule has 1 N–H and O–H groups in total. The van der Waals surface area contributed by atoms with Crippen LogP contribution in [0.25, 0.3) is 17.1 Å². The number of hydrogen-bond donors (Lipinski definition) is 1. The average Bonchev–Trinajstić information content (AvgIpc) is 3.23. The highest BCUT2D eigenvalue weighted by molar-refractivity contribution is 8.00. The first-order valence-electron chi connectivity index (χ1n) is 9.94. The number of methoxy groups -OCH3 is 1. The molecule has 162 valence electrons. The van der Waals surface area contributed by atoms with E-state index in [0.29, 0.717) is 16.0 Å². The Morgan fingerprint density at radius 3 is 2.38 bits per heavy atom. The van der Waals surface area contributed by atoms with E-state index in [0.717, 1.165) is 22.7 Å². The maximum absolute atomic E-state index is 12.8. The molecule has 0 aliphatic carbocycles. The van der Waals surface area contributed by atoms with Gasteiger partial charge in [-0.3, -0.25) is 9.36 Å². The number of thioether (sulfide) groups is 1. The number of anilines is 1. The van der Waals surface area contributed by atoms with Crippen molar-refractivity contribution in [2.45, 2.75) is 17.3 Å². The van der Waals surface area contributed by atoms with Crippen molar-refractivity contribution in [2.24, 2.45) is 0 Å². The van der Waals surface area contributed by atoms with Crippen molar-refractivity contribution in [3.63, 3.8) is 0 Å². The minimum absolute atomic E-state index is 0.121. The van der Waals surface area contributed by atoms with Gasteiger partial charge in [0.05, 0.1) is 17.4 Å². The van der Waals surface area contributed by atoms with Gasteiger partial charge in [0, 0.05) is 16.9 Å². The number of nitrogens with one attached hydrogen (secondary N) is 1. The molecule has 1 heterocycles. The molecule has 1 atom stereocenters. The van der Waals surface area contributed by atoms with Gasteiger partial charge in [-0.2, -0.15) is 0 Å². The van der Waals surface area contributed by atoms with E-state index in [2.05, 4.69) is 15.5 Å². The number of benzene rings is 3. The van der Waals surface area contributed by atoms with E-state index in [1.54, 1.807) is 7.11 Å². The van der Waals surface area contributed by atoms with Gasteiger partial charge in [0.1, 0.15) is 5.75 Å². The van der Waals surface area contributed by atoms with Crippen LogP contribution in [0.3, 0.4) is 0 Å². The highest BCUT2D eigenvalue weighted by Crippen LogP contribution is 2.33. The summed E-state index contributed by atoms with van der Waals surface area (Å²) < 4.78 is 7.18. The van der Waals surface area contributed by atoms with Gasteiger partial charge in [-0.15, -0.1) is 10.2 Å². The van der Waals surface area contributed by atoms with Crippen LogP contribution in [0, 0.1) is 0 Å². The summed E-state index contributed by atoms with van der Waals surface area (Å²) in [5, 5.41) is 12.5. The number of carbonyl (C=O) groups excluding carboxylic acids is 1. The summed E-state index contributed by atoms with van der Waals surface area (Å²) in [6.45, 7) is 1.84. The van der Waals surface area contributed by atoms with Gasteiger partial charge in [-0.1, -0.05) is 53.7 Å². The molecule has 0 spiro atoms. The summed E-state index contributed by atoms with van der Waals surface area (Å²) in [6, 6.07) is 24.4. The molecular formula is C24H21ClN4O2S. The van der Waals surface area contributed by atoms with Crippen molar-refractivity contribution in [1.82, 2.24) is 14.8 Å². The number of ether oxygens (including phenoxy) is 1. The quantitative estimate of drug-likeness (QED) is 0.354. The Balaban J connectivity index is 1.68. The number of para-hydroxylation sites is 1. The van der Waals surface area contributed by atoms with Crippen LogP contribution >= 0.6 is 23.4 Å². The molecule has 1 unspecified atom stereocenters. The van der Waals surface area contributed by atoms with Crippen LogP contribution in [0.5, 0.6) is 5.75 Å². The Morgan fingerprint density at radius 1 is 1.00 bits per heavy atom. The number of nitrogens with zero attached hydrogens (tertiary/aromatic N) is 3. The number of amides is 1. The second-order valence-electron chi connectivity index (χ2n) is 6.93. The van der Waals surface area contributed by atoms with E-state index in [4.69, 9.17) is 16.3 Å². The van der Waals surface area contributed by atoms with Gasteiger partial charge < -0.3 is 10.1 Å². The standard InChI is InChI=1S/C24H21ClN4O2S/c1-16(23(30)26-17-8-4-3-5-9-17)32-24-28-27-22(20-10-6-7-11-21(20)25)29(24)18-12-14-19(31-2)15-13-18/h3-16H,1-2H3,(H,26,30). The first kappa shape index (κ1) is 21.9. The van der Waals surface area contributed by atoms with Crippen molar-refractivity contribution in [1.29, 1.82) is 0 Å². The minimum atomic E-state index is -0.407. The van der Waals surface area contributed by atoms with Crippen molar-refractivity contribution in [3.8, 4) is 22.8 Å². The van der Waals surface area contributed by atoms with Crippen molar-refractivity contribution < 1.29 is 9.53 Å². The number of halogens is 1. The molecule has 0 radical (unpaired) electrons. The molecule has 1 amide bonds. The summed E-state index contributed by atoms with van der Waals surface area (Å²) in [6.07, 6.45) is 0. The molecule has 4 aromatic rings. The Bertz CT molecular complexity index is 1210. The predicted molar refractivity (Wildman–Crippen MR) is 129 cm³/mol. The number of rotatable bonds is 7. The molecule has 6 nitrogen and oxygen atoms in total. The zero-order valence-electron chi connectivity index (χ0n) is 17.5. The lowest BCUT2D eigenvalue weighted by Crippen LogP contribution is -2.22. The van der Waals surface area contributed by atoms with Crippen LogP contribution in [0.4, 0.5) is 5.69 Å². The maximum atomic E-state index is 12.8. The molecule has 4 rings (SSSR count). The van der Waals surface area contributed by atoms with Crippen LogP contribution in [-0.4, -0.2) is 33.0 Å². The fourth-order valence-corrected chi connectivity index (χ4v) is 4.19. The molecule has 3 aromatic carbocycles. The van der Waals surface area contributed by atoms with Gasteiger partial charge in [0.25, 0.3) is 0 Å². The van der Waals surface area contributed by atoms with Crippen LogP contribution in [0.2, 0.25) is 5.02 Å². The molecule has 0 saturated carbocycles. The third-order valence-electron chi connectivity index (χ3n) is 4.77. The van der Waals surface area contributed by atoms with Gasteiger partial charge in [-0.05, 0) is 55.5 Å². The third kappa shape index (κ3) is 4.79. The van der Waals surface area contributed by atoms with Crippen LogP contribution in [0.15, 0.2) is 84.0 Å². The van der Waals surface area contributed by atoms with E-state index in [-0.39, 0.29) is 5.91 Å². The summed E-state index contributed by atoms with van der Waals surface area (Å²) in [7, 11) is 1.62. The molecule has 0 bridgehead atoms. The van der Waals surface area contributed by atoms with E-state index in [9.17, 15) is 4.79 Å². The van der Waals surface area contributed by atoms with E-state index < -0.39 is 5.25 Å². The van der Waals surface area contributed by atoms with Crippen molar-refractivity contribution >= 4 is 35.0 Å². The summed E-state index contributed by atoms with van der Waals surface area (Å²) in [5.41, 5.74) is 2.34. The topological polar surface area (TPSA) is 69.0 Å².